The Morgan fingerprint density at radius 3 is 2.70 bits per heavy atom. The van der Waals surface area contributed by atoms with E-state index in [1.807, 2.05) is 36.4 Å². The molecule has 1 aliphatic rings. The standard InChI is InChI=1S/C20H16N4O3/c25-19-10-9-16(22-23-19)14-7-4-8-15(11-14)21-20(26)17-12-18(27-24-17)13-5-2-1-3-6-13/h1-11,18H,12H2,(H,21,26)(H,23,25). The zero-order valence-electron chi connectivity index (χ0n) is 14.3. The molecule has 2 N–H and O–H groups in total. The number of hydrogen-bond donors (Lipinski definition) is 2. The summed E-state index contributed by atoms with van der Waals surface area (Å²) in [4.78, 5) is 29.0. The minimum absolute atomic E-state index is 0.247. The Bertz CT molecular complexity index is 1040. The summed E-state index contributed by atoms with van der Waals surface area (Å²) in [6.07, 6.45) is 0.167. The molecule has 3 aromatic rings. The van der Waals surface area contributed by atoms with Gasteiger partial charge < -0.3 is 10.2 Å². The van der Waals surface area contributed by atoms with Gasteiger partial charge in [0, 0.05) is 23.7 Å². The molecule has 1 atom stereocenters. The van der Waals surface area contributed by atoms with E-state index in [1.165, 1.54) is 6.07 Å². The molecule has 1 aromatic heterocycles. The summed E-state index contributed by atoms with van der Waals surface area (Å²) < 4.78 is 0. The number of anilines is 1. The molecule has 1 unspecified atom stereocenters. The zero-order valence-corrected chi connectivity index (χ0v) is 14.3. The molecule has 1 amide bonds. The number of carbonyl (C=O) groups excluding carboxylic acids is 1. The number of nitrogens with one attached hydrogen (secondary N) is 2. The lowest BCUT2D eigenvalue weighted by molar-refractivity contribution is -0.110. The number of aromatic amines is 1. The molecule has 7 nitrogen and oxygen atoms in total. The SMILES string of the molecule is O=C(Nc1cccc(-c2ccc(=O)[nH]n2)c1)C1=NOC(c2ccccc2)C1. The molecule has 27 heavy (non-hydrogen) atoms. The van der Waals surface area contributed by atoms with Crippen molar-refractivity contribution in [2.24, 2.45) is 5.16 Å². The third kappa shape index (κ3) is 3.77. The highest BCUT2D eigenvalue weighted by atomic mass is 16.6. The van der Waals surface area contributed by atoms with Crippen LogP contribution < -0.4 is 10.9 Å². The molecular formula is C20H16N4O3. The van der Waals surface area contributed by atoms with Gasteiger partial charge in [-0.15, -0.1) is 0 Å². The molecule has 1 aliphatic heterocycles. The van der Waals surface area contributed by atoms with Gasteiger partial charge in [-0.3, -0.25) is 9.59 Å². The summed E-state index contributed by atoms with van der Waals surface area (Å²) in [7, 11) is 0. The van der Waals surface area contributed by atoms with E-state index in [4.69, 9.17) is 4.84 Å². The first-order valence-electron chi connectivity index (χ1n) is 8.44. The van der Waals surface area contributed by atoms with Crippen LogP contribution >= 0.6 is 0 Å². The predicted octanol–water partition coefficient (Wildman–Crippen LogP) is 2.89. The average molecular weight is 360 g/mol. The molecule has 134 valence electrons. The van der Waals surface area contributed by atoms with E-state index in [9.17, 15) is 9.59 Å². The third-order valence-electron chi connectivity index (χ3n) is 4.20. The molecule has 0 saturated heterocycles. The number of aromatic nitrogens is 2. The van der Waals surface area contributed by atoms with E-state index in [2.05, 4.69) is 20.7 Å². The maximum atomic E-state index is 12.5. The average Bonchev–Trinajstić information content (AvgIpc) is 3.20. The lowest BCUT2D eigenvalue weighted by Gasteiger charge is -2.08. The highest BCUT2D eigenvalue weighted by Gasteiger charge is 2.27. The Kier molecular flexibility index (Phi) is 4.49. The van der Waals surface area contributed by atoms with Crippen LogP contribution in [0.2, 0.25) is 0 Å². The number of rotatable bonds is 4. The fraction of sp³-hybridized carbons (Fsp3) is 0.100. The molecule has 2 aromatic carbocycles. The molecule has 0 bridgehead atoms. The van der Waals surface area contributed by atoms with Crippen LogP contribution in [-0.4, -0.2) is 21.8 Å². The first-order valence-corrected chi connectivity index (χ1v) is 8.44. The Labute approximate surface area is 154 Å². The first-order chi connectivity index (χ1) is 13.2. The van der Waals surface area contributed by atoms with Gasteiger partial charge in [0.15, 0.2) is 6.10 Å². The Hall–Kier alpha value is -3.74. The quantitative estimate of drug-likeness (QED) is 0.748. The summed E-state index contributed by atoms with van der Waals surface area (Å²) in [5, 5.41) is 13.2. The summed E-state index contributed by atoms with van der Waals surface area (Å²) in [6, 6.07) is 19.9. The summed E-state index contributed by atoms with van der Waals surface area (Å²) in [5.41, 5.74) is 3.05. The largest absolute Gasteiger partial charge is 0.387 e. The highest BCUT2D eigenvalue weighted by Crippen LogP contribution is 2.27. The van der Waals surface area contributed by atoms with Crippen LogP contribution in [0.5, 0.6) is 0 Å². The second-order valence-electron chi connectivity index (χ2n) is 6.09. The van der Waals surface area contributed by atoms with Crippen molar-refractivity contribution in [3.63, 3.8) is 0 Å². The number of amides is 1. The Morgan fingerprint density at radius 1 is 1.07 bits per heavy atom. The van der Waals surface area contributed by atoms with Gasteiger partial charge in [0.05, 0.1) is 5.69 Å². The van der Waals surface area contributed by atoms with Gasteiger partial charge in [-0.2, -0.15) is 5.10 Å². The molecule has 0 fully saturated rings. The van der Waals surface area contributed by atoms with Crippen LogP contribution in [0.1, 0.15) is 18.1 Å². The minimum Gasteiger partial charge on any atom is -0.387 e. The van der Waals surface area contributed by atoms with Gasteiger partial charge in [0.2, 0.25) is 0 Å². The van der Waals surface area contributed by atoms with Crippen molar-refractivity contribution in [3.8, 4) is 11.3 Å². The van der Waals surface area contributed by atoms with E-state index in [0.717, 1.165) is 11.1 Å². The summed E-state index contributed by atoms with van der Waals surface area (Å²) in [5.74, 6) is -0.306. The lowest BCUT2D eigenvalue weighted by Crippen LogP contribution is -2.21. The zero-order chi connectivity index (χ0) is 18.6. The van der Waals surface area contributed by atoms with Crippen molar-refractivity contribution in [1.82, 2.24) is 10.2 Å². The van der Waals surface area contributed by atoms with Crippen LogP contribution in [0.3, 0.4) is 0 Å². The number of H-pyrrole nitrogens is 1. The van der Waals surface area contributed by atoms with Gasteiger partial charge in [-0.25, -0.2) is 5.10 Å². The molecule has 2 heterocycles. The smallest absolute Gasteiger partial charge is 0.273 e. The van der Waals surface area contributed by atoms with E-state index in [-0.39, 0.29) is 17.6 Å². The van der Waals surface area contributed by atoms with E-state index in [1.54, 1.807) is 24.3 Å². The first kappa shape index (κ1) is 16.7. The second kappa shape index (κ2) is 7.25. The highest BCUT2D eigenvalue weighted by molar-refractivity contribution is 6.43. The fourth-order valence-corrected chi connectivity index (χ4v) is 2.82. The normalized spacial score (nSPS) is 15.7. The van der Waals surface area contributed by atoms with Crippen molar-refractivity contribution in [3.05, 3.63) is 82.6 Å². The monoisotopic (exact) mass is 360 g/mol. The van der Waals surface area contributed by atoms with Gasteiger partial charge in [-0.05, 0) is 23.8 Å². The molecule has 0 spiro atoms. The van der Waals surface area contributed by atoms with Crippen LogP contribution in [0.4, 0.5) is 5.69 Å². The lowest BCUT2D eigenvalue weighted by atomic mass is 10.0. The maximum Gasteiger partial charge on any atom is 0.273 e. The van der Waals surface area contributed by atoms with Crippen molar-refractivity contribution in [2.45, 2.75) is 12.5 Å². The Morgan fingerprint density at radius 2 is 1.93 bits per heavy atom. The number of oxime groups is 1. The molecular weight excluding hydrogens is 344 g/mol. The van der Waals surface area contributed by atoms with E-state index in [0.29, 0.717) is 23.5 Å². The van der Waals surface area contributed by atoms with Crippen LogP contribution in [0.25, 0.3) is 11.3 Å². The number of nitrogens with zero attached hydrogens (tertiary/aromatic N) is 2. The van der Waals surface area contributed by atoms with Crippen molar-refractivity contribution >= 4 is 17.3 Å². The van der Waals surface area contributed by atoms with Gasteiger partial charge in [0.25, 0.3) is 11.5 Å². The van der Waals surface area contributed by atoms with Crippen LogP contribution in [0.15, 0.2) is 76.7 Å². The van der Waals surface area contributed by atoms with Gasteiger partial charge in [0.1, 0.15) is 5.71 Å². The van der Waals surface area contributed by atoms with Crippen molar-refractivity contribution in [2.75, 3.05) is 5.32 Å². The minimum atomic E-state index is -0.306. The molecule has 0 saturated carbocycles. The topological polar surface area (TPSA) is 96.4 Å². The Balaban J connectivity index is 1.45. The van der Waals surface area contributed by atoms with Gasteiger partial charge in [-0.1, -0.05) is 47.6 Å². The van der Waals surface area contributed by atoms with Crippen LogP contribution in [0, 0.1) is 0 Å². The molecule has 7 heteroatoms. The number of hydrogen-bond acceptors (Lipinski definition) is 5. The van der Waals surface area contributed by atoms with Crippen molar-refractivity contribution in [1.29, 1.82) is 0 Å². The van der Waals surface area contributed by atoms with E-state index < -0.39 is 0 Å². The maximum absolute atomic E-state index is 12.5. The molecule has 0 radical (unpaired) electrons. The summed E-state index contributed by atoms with van der Waals surface area (Å²) >= 11 is 0. The summed E-state index contributed by atoms with van der Waals surface area (Å²) in [6.45, 7) is 0. The fourth-order valence-electron chi connectivity index (χ4n) is 2.82. The second-order valence-corrected chi connectivity index (χ2v) is 6.09. The van der Waals surface area contributed by atoms with E-state index >= 15 is 0 Å². The number of benzene rings is 2. The van der Waals surface area contributed by atoms with Crippen molar-refractivity contribution < 1.29 is 9.63 Å². The predicted molar refractivity (Wildman–Crippen MR) is 101 cm³/mol. The molecule has 0 aliphatic carbocycles. The van der Waals surface area contributed by atoms with Crippen LogP contribution in [-0.2, 0) is 9.63 Å². The van der Waals surface area contributed by atoms with Gasteiger partial charge >= 0.3 is 0 Å². The molecule has 4 rings (SSSR count). The number of carbonyl (C=O) groups is 1. The third-order valence-corrected chi connectivity index (χ3v) is 4.20.